The van der Waals surface area contributed by atoms with Crippen molar-refractivity contribution in [3.8, 4) is 23.0 Å². The second kappa shape index (κ2) is 8.70. The fraction of sp³-hybridized carbons (Fsp3) is 0.240. The number of aliphatic imine (C=N–C) groups is 1. The summed E-state index contributed by atoms with van der Waals surface area (Å²) in [5.41, 5.74) is 2.30. The maximum atomic E-state index is 11.4. The third-order valence-corrected chi connectivity index (χ3v) is 5.66. The standard InChI is InChI=1S/C25H24N2O5/c1-4-25(2,3)18-5-9-20(10-6-18)32-21-11-7-19(8-12-21)26-15-17-13-23-24(31-16-30-23)14-22(17)27(28)29/h5-15H,4,16H2,1-3H3. The zero-order valence-electron chi connectivity index (χ0n) is 18.2. The van der Waals surface area contributed by atoms with E-state index in [2.05, 4.69) is 37.9 Å². The van der Waals surface area contributed by atoms with Gasteiger partial charge in [0.25, 0.3) is 5.69 Å². The average Bonchev–Trinajstić information content (AvgIpc) is 3.26. The SMILES string of the molecule is CCC(C)(C)c1ccc(Oc2ccc(N=Cc3cc4c(cc3[N+](=O)[O-])OCO4)cc2)cc1. The van der Waals surface area contributed by atoms with Gasteiger partial charge in [-0.1, -0.05) is 32.9 Å². The van der Waals surface area contributed by atoms with Gasteiger partial charge in [0.15, 0.2) is 11.5 Å². The molecule has 0 radical (unpaired) electrons. The third kappa shape index (κ3) is 4.56. The Morgan fingerprint density at radius 2 is 1.62 bits per heavy atom. The highest BCUT2D eigenvalue weighted by Gasteiger charge is 2.22. The molecule has 7 nitrogen and oxygen atoms in total. The second-order valence-corrected chi connectivity index (χ2v) is 8.14. The van der Waals surface area contributed by atoms with Gasteiger partial charge in [0.2, 0.25) is 6.79 Å². The molecule has 0 saturated carbocycles. The molecule has 0 bridgehead atoms. The number of fused-ring (bicyclic) bond motifs is 1. The highest BCUT2D eigenvalue weighted by molar-refractivity contribution is 5.88. The first-order valence-corrected chi connectivity index (χ1v) is 10.4. The number of benzene rings is 3. The van der Waals surface area contributed by atoms with Crippen molar-refractivity contribution in [3.05, 3.63) is 81.9 Å². The molecule has 0 amide bonds. The van der Waals surface area contributed by atoms with E-state index in [0.717, 1.165) is 12.2 Å². The summed E-state index contributed by atoms with van der Waals surface area (Å²) >= 11 is 0. The van der Waals surface area contributed by atoms with Gasteiger partial charge < -0.3 is 14.2 Å². The largest absolute Gasteiger partial charge is 0.457 e. The summed E-state index contributed by atoms with van der Waals surface area (Å²) in [6.45, 7) is 6.67. The topological polar surface area (TPSA) is 83.2 Å². The molecule has 0 N–H and O–H groups in total. The minimum atomic E-state index is -0.465. The average molecular weight is 432 g/mol. The van der Waals surface area contributed by atoms with Crippen molar-refractivity contribution in [3.63, 3.8) is 0 Å². The molecule has 1 aliphatic rings. The van der Waals surface area contributed by atoms with Gasteiger partial charge in [0.1, 0.15) is 11.5 Å². The normalized spacial score (nSPS) is 12.8. The highest BCUT2D eigenvalue weighted by Crippen LogP contribution is 2.37. The molecule has 1 heterocycles. The van der Waals surface area contributed by atoms with E-state index < -0.39 is 4.92 Å². The maximum Gasteiger partial charge on any atom is 0.282 e. The van der Waals surface area contributed by atoms with Gasteiger partial charge in [-0.25, -0.2) is 0 Å². The van der Waals surface area contributed by atoms with Crippen LogP contribution in [0.15, 0.2) is 65.7 Å². The molecule has 0 spiro atoms. The highest BCUT2D eigenvalue weighted by atomic mass is 16.7. The lowest BCUT2D eigenvalue weighted by Gasteiger charge is -2.23. The van der Waals surface area contributed by atoms with Crippen molar-refractivity contribution in [1.29, 1.82) is 0 Å². The molecule has 1 aliphatic heterocycles. The van der Waals surface area contributed by atoms with Crippen LogP contribution in [0.3, 0.4) is 0 Å². The molecule has 7 heteroatoms. The van der Waals surface area contributed by atoms with E-state index >= 15 is 0 Å². The zero-order valence-corrected chi connectivity index (χ0v) is 18.2. The number of nitro benzene ring substituents is 1. The first-order chi connectivity index (χ1) is 15.4. The number of hydrogen-bond donors (Lipinski definition) is 0. The molecule has 3 aromatic carbocycles. The molecule has 3 aromatic rings. The molecule has 164 valence electrons. The van der Waals surface area contributed by atoms with Crippen molar-refractivity contribution in [2.24, 2.45) is 4.99 Å². The number of nitro groups is 1. The Kier molecular flexibility index (Phi) is 5.81. The summed E-state index contributed by atoms with van der Waals surface area (Å²) < 4.78 is 16.4. The van der Waals surface area contributed by atoms with Crippen LogP contribution in [0.5, 0.6) is 23.0 Å². The van der Waals surface area contributed by atoms with E-state index in [1.807, 2.05) is 24.3 Å². The molecule has 0 aromatic heterocycles. The van der Waals surface area contributed by atoms with Crippen LogP contribution in [0, 0.1) is 10.1 Å². The van der Waals surface area contributed by atoms with Crippen molar-refractivity contribution < 1.29 is 19.1 Å². The lowest BCUT2D eigenvalue weighted by molar-refractivity contribution is -0.385. The Hall–Kier alpha value is -3.87. The van der Waals surface area contributed by atoms with Crippen LogP contribution < -0.4 is 14.2 Å². The second-order valence-electron chi connectivity index (χ2n) is 8.14. The fourth-order valence-corrected chi connectivity index (χ4v) is 3.27. The Morgan fingerprint density at radius 1 is 1.03 bits per heavy atom. The summed E-state index contributed by atoms with van der Waals surface area (Å²) in [5, 5.41) is 11.4. The van der Waals surface area contributed by atoms with Gasteiger partial charge in [0.05, 0.1) is 22.2 Å². The number of ether oxygens (including phenoxy) is 3. The van der Waals surface area contributed by atoms with Crippen molar-refractivity contribution in [2.45, 2.75) is 32.6 Å². The van der Waals surface area contributed by atoms with E-state index in [1.54, 1.807) is 18.2 Å². The minimum Gasteiger partial charge on any atom is -0.457 e. The Balaban J connectivity index is 1.47. The Labute approximate surface area is 186 Å². The van der Waals surface area contributed by atoms with Gasteiger partial charge in [-0.2, -0.15) is 0 Å². The molecule has 0 aliphatic carbocycles. The van der Waals surface area contributed by atoms with Crippen LogP contribution in [-0.4, -0.2) is 17.9 Å². The van der Waals surface area contributed by atoms with Crippen LogP contribution in [0.2, 0.25) is 0 Å². The van der Waals surface area contributed by atoms with E-state index in [-0.39, 0.29) is 17.9 Å². The van der Waals surface area contributed by atoms with E-state index in [4.69, 9.17) is 14.2 Å². The summed E-state index contributed by atoms with van der Waals surface area (Å²) in [5.74, 6) is 2.27. The van der Waals surface area contributed by atoms with Crippen molar-refractivity contribution in [2.75, 3.05) is 6.79 Å². The fourth-order valence-electron chi connectivity index (χ4n) is 3.27. The number of rotatable bonds is 7. The Bertz CT molecular complexity index is 1150. The molecule has 0 atom stereocenters. The van der Waals surface area contributed by atoms with E-state index in [0.29, 0.717) is 28.5 Å². The third-order valence-electron chi connectivity index (χ3n) is 5.66. The molecule has 0 fully saturated rings. The lowest BCUT2D eigenvalue weighted by Crippen LogP contribution is -2.14. The summed E-state index contributed by atoms with van der Waals surface area (Å²) in [4.78, 5) is 15.3. The van der Waals surface area contributed by atoms with Crippen molar-refractivity contribution in [1.82, 2.24) is 0 Å². The zero-order chi connectivity index (χ0) is 22.7. The summed E-state index contributed by atoms with van der Waals surface area (Å²) in [6.07, 6.45) is 2.51. The lowest BCUT2D eigenvalue weighted by atomic mass is 9.82. The van der Waals surface area contributed by atoms with Crippen LogP contribution in [0.1, 0.15) is 38.3 Å². The number of hydrogen-bond acceptors (Lipinski definition) is 6. The van der Waals surface area contributed by atoms with E-state index in [9.17, 15) is 10.1 Å². The smallest absolute Gasteiger partial charge is 0.282 e. The first kappa shape index (κ1) is 21.4. The summed E-state index contributed by atoms with van der Waals surface area (Å²) in [6, 6.07) is 18.2. The van der Waals surface area contributed by atoms with E-state index in [1.165, 1.54) is 17.8 Å². The minimum absolute atomic E-state index is 0.0492. The van der Waals surface area contributed by atoms with Gasteiger partial charge >= 0.3 is 0 Å². The predicted octanol–water partition coefficient (Wildman–Crippen LogP) is 6.55. The van der Waals surface area contributed by atoms with Crippen LogP contribution in [0.4, 0.5) is 11.4 Å². The number of nitrogens with zero attached hydrogens (tertiary/aromatic N) is 2. The van der Waals surface area contributed by atoms with Crippen molar-refractivity contribution >= 4 is 17.6 Å². The Morgan fingerprint density at radius 3 is 2.22 bits per heavy atom. The first-order valence-electron chi connectivity index (χ1n) is 10.4. The van der Waals surface area contributed by atoms with Crippen LogP contribution >= 0.6 is 0 Å². The van der Waals surface area contributed by atoms with Crippen LogP contribution in [0.25, 0.3) is 0 Å². The molecular weight excluding hydrogens is 408 g/mol. The molecule has 0 saturated heterocycles. The monoisotopic (exact) mass is 432 g/mol. The molecule has 32 heavy (non-hydrogen) atoms. The molecule has 4 rings (SSSR count). The maximum absolute atomic E-state index is 11.4. The van der Waals surface area contributed by atoms with Gasteiger partial charge in [-0.15, -0.1) is 0 Å². The summed E-state index contributed by atoms with van der Waals surface area (Å²) in [7, 11) is 0. The van der Waals surface area contributed by atoms with Gasteiger partial charge in [-0.3, -0.25) is 15.1 Å². The van der Waals surface area contributed by atoms with Gasteiger partial charge in [-0.05, 0) is 59.9 Å². The molecule has 0 unspecified atom stereocenters. The quantitative estimate of drug-likeness (QED) is 0.240. The van der Waals surface area contributed by atoms with Crippen LogP contribution in [-0.2, 0) is 5.41 Å². The van der Waals surface area contributed by atoms with Gasteiger partial charge in [0, 0.05) is 6.21 Å². The molecular formula is C25H24N2O5. The predicted molar refractivity (Wildman–Crippen MR) is 123 cm³/mol.